The third kappa shape index (κ3) is 7.67. The highest BCUT2D eigenvalue weighted by atomic mass is 35.5. The van der Waals surface area contributed by atoms with Crippen molar-refractivity contribution in [2.24, 2.45) is 0 Å². The highest BCUT2D eigenvalue weighted by Gasteiger charge is 2.26. The number of carbonyl (C=O) groups is 2. The minimum Gasteiger partial charge on any atom is -0.494 e. The van der Waals surface area contributed by atoms with Gasteiger partial charge in [0, 0.05) is 62.7 Å². The Labute approximate surface area is 283 Å². The number of benzene rings is 2. The molecule has 2 fully saturated rings. The summed E-state index contributed by atoms with van der Waals surface area (Å²) in [6, 6.07) is 12.9. The van der Waals surface area contributed by atoms with Gasteiger partial charge in [0.2, 0.25) is 11.9 Å². The molecule has 48 heavy (non-hydrogen) atoms. The summed E-state index contributed by atoms with van der Waals surface area (Å²) in [6.07, 6.45) is 5.00. The fraction of sp³-hybridized carbons (Fsp3) is 0.312. The van der Waals surface area contributed by atoms with Crippen molar-refractivity contribution in [3.05, 3.63) is 71.8 Å². The molecule has 14 nitrogen and oxygen atoms in total. The predicted molar refractivity (Wildman–Crippen MR) is 187 cm³/mol. The van der Waals surface area contributed by atoms with Crippen molar-refractivity contribution < 1.29 is 18.9 Å². The number of halogens is 1. The van der Waals surface area contributed by atoms with E-state index in [1.807, 2.05) is 42.5 Å². The Morgan fingerprint density at radius 1 is 0.938 bits per heavy atom. The molecular weight excluding hydrogens is 655 g/mol. The van der Waals surface area contributed by atoms with Gasteiger partial charge in [0.25, 0.3) is 0 Å². The molecule has 0 spiro atoms. The molecule has 16 heteroatoms. The van der Waals surface area contributed by atoms with E-state index in [1.54, 1.807) is 32.8 Å². The van der Waals surface area contributed by atoms with Crippen molar-refractivity contribution in [2.75, 3.05) is 73.6 Å². The van der Waals surface area contributed by atoms with Gasteiger partial charge >= 0.3 is 6.03 Å². The summed E-state index contributed by atoms with van der Waals surface area (Å²) in [7, 11) is -0.927. The van der Waals surface area contributed by atoms with E-state index in [2.05, 4.69) is 45.7 Å². The van der Waals surface area contributed by atoms with E-state index in [-0.39, 0.29) is 18.9 Å². The number of aromatic nitrogens is 4. The van der Waals surface area contributed by atoms with Crippen LogP contribution in [0.5, 0.6) is 5.75 Å². The lowest BCUT2D eigenvalue weighted by molar-refractivity contribution is -0.120. The van der Waals surface area contributed by atoms with Gasteiger partial charge in [-0.25, -0.2) is 14.8 Å². The van der Waals surface area contributed by atoms with E-state index in [4.69, 9.17) is 16.3 Å². The SMILES string of the molecule is COc1cc(N2CCN(Cc3cnc(N4CCC(=O)NC4=O)cn3)CC2)ccc1Nc1ncc(Cl)c(Nc2ccccc2P(C)(C)=O)n1. The zero-order valence-corrected chi connectivity index (χ0v) is 28.5. The topological polar surface area (TPSA) is 158 Å². The van der Waals surface area contributed by atoms with Gasteiger partial charge in [-0.15, -0.1) is 0 Å². The fourth-order valence-corrected chi connectivity index (χ4v) is 6.83. The highest BCUT2D eigenvalue weighted by molar-refractivity contribution is 7.70. The van der Waals surface area contributed by atoms with Crippen LogP contribution >= 0.6 is 18.7 Å². The number of hydrogen-bond donors (Lipinski definition) is 3. The van der Waals surface area contributed by atoms with E-state index in [0.717, 1.165) is 37.6 Å². The van der Waals surface area contributed by atoms with E-state index in [1.165, 1.54) is 11.1 Å². The maximum atomic E-state index is 12.8. The maximum Gasteiger partial charge on any atom is 0.329 e. The first kappa shape index (κ1) is 33.1. The molecule has 6 rings (SSSR count). The van der Waals surface area contributed by atoms with Gasteiger partial charge in [-0.05, 0) is 37.6 Å². The molecule has 2 aromatic heterocycles. The number of methoxy groups -OCH3 is 1. The van der Waals surface area contributed by atoms with Gasteiger partial charge in [0.15, 0.2) is 11.6 Å². The minimum absolute atomic E-state index is 0.237. The number of rotatable bonds is 10. The molecule has 0 atom stereocenters. The summed E-state index contributed by atoms with van der Waals surface area (Å²) in [5.41, 5.74) is 3.20. The van der Waals surface area contributed by atoms with Crippen LogP contribution < -0.4 is 35.8 Å². The monoisotopic (exact) mass is 690 g/mol. The zero-order chi connectivity index (χ0) is 33.8. The standard InChI is InChI=1S/C32H36ClN10O4P/c1-47-26-16-22(42-14-12-41(13-15-42)20-21-17-35-28(19-34-21)43-11-10-29(44)39-32(43)45)8-9-24(26)38-31-36-18-23(33)30(40-31)37-25-6-4-5-7-27(25)48(2,3)46/h4-9,16-19H,10-15,20H2,1-3H3,(H,39,44,45)(H2,36,37,38,40). The molecule has 0 aliphatic carbocycles. The molecule has 3 amide bonds. The summed E-state index contributed by atoms with van der Waals surface area (Å²) < 4.78 is 18.6. The molecule has 0 unspecified atom stereocenters. The Balaban J connectivity index is 1.07. The number of amides is 3. The van der Waals surface area contributed by atoms with Crippen LogP contribution in [0.3, 0.4) is 0 Å². The summed E-state index contributed by atoms with van der Waals surface area (Å²) >= 11 is 6.43. The van der Waals surface area contributed by atoms with Crippen molar-refractivity contribution in [2.45, 2.75) is 13.0 Å². The van der Waals surface area contributed by atoms with Crippen LogP contribution in [0, 0.1) is 0 Å². The van der Waals surface area contributed by atoms with Crippen LogP contribution in [0.1, 0.15) is 12.1 Å². The normalized spacial score (nSPS) is 15.7. The molecule has 0 bridgehead atoms. The van der Waals surface area contributed by atoms with Gasteiger partial charge < -0.3 is 24.8 Å². The van der Waals surface area contributed by atoms with Gasteiger partial charge in [0.05, 0.1) is 42.8 Å². The van der Waals surface area contributed by atoms with Crippen LogP contribution in [0.25, 0.3) is 0 Å². The number of urea groups is 1. The summed E-state index contributed by atoms with van der Waals surface area (Å²) in [5.74, 6) is 1.48. The number of para-hydroxylation sites is 1. The van der Waals surface area contributed by atoms with E-state index < -0.39 is 13.2 Å². The lowest BCUT2D eigenvalue weighted by atomic mass is 10.2. The Morgan fingerprint density at radius 2 is 1.73 bits per heavy atom. The molecule has 250 valence electrons. The number of nitrogens with zero attached hydrogens (tertiary/aromatic N) is 7. The Morgan fingerprint density at radius 3 is 2.44 bits per heavy atom. The van der Waals surface area contributed by atoms with Gasteiger partial charge in [0.1, 0.15) is 17.9 Å². The van der Waals surface area contributed by atoms with Gasteiger partial charge in [-0.3, -0.25) is 24.9 Å². The Bertz CT molecular complexity index is 1860. The summed E-state index contributed by atoms with van der Waals surface area (Å²) in [4.78, 5) is 47.4. The van der Waals surface area contributed by atoms with Crippen molar-refractivity contribution in [3.63, 3.8) is 0 Å². The molecule has 0 radical (unpaired) electrons. The van der Waals surface area contributed by atoms with Crippen molar-refractivity contribution >= 4 is 70.6 Å². The van der Waals surface area contributed by atoms with Crippen molar-refractivity contribution in [3.8, 4) is 5.75 Å². The first-order valence-electron chi connectivity index (χ1n) is 15.4. The molecule has 2 aliphatic heterocycles. The Kier molecular flexibility index (Phi) is 9.76. The number of hydrogen-bond acceptors (Lipinski definition) is 12. The molecule has 2 aromatic carbocycles. The second kappa shape index (κ2) is 14.1. The number of imide groups is 1. The zero-order valence-electron chi connectivity index (χ0n) is 26.8. The predicted octanol–water partition coefficient (Wildman–Crippen LogP) is 4.43. The second-order valence-electron chi connectivity index (χ2n) is 11.8. The fourth-order valence-electron chi connectivity index (χ4n) is 5.54. The smallest absolute Gasteiger partial charge is 0.329 e. The molecule has 0 saturated carbocycles. The molecule has 3 N–H and O–H groups in total. The van der Waals surface area contributed by atoms with Crippen molar-refractivity contribution in [1.82, 2.24) is 30.2 Å². The lowest BCUT2D eigenvalue weighted by Gasteiger charge is -2.36. The lowest BCUT2D eigenvalue weighted by Crippen LogP contribution is -2.50. The highest BCUT2D eigenvalue weighted by Crippen LogP contribution is 2.39. The van der Waals surface area contributed by atoms with Crippen LogP contribution in [-0.4, -0.2) is 89.9 Å². The maximum absolute atomic E-state index is 12.8. The molecule has 4 heterocycles. The van der Waals surface area contributed by atoms with Crippen molar-refractivity contribution in [1.29, 1.82) is 0 Å². The van der Waals surface area contributed by atoms with Crippen LogP contribution in [0.15, 0.2) is 61.1 Å². The average molecular weight is 691 g/mol. The quantitative estimate of drug-likeness (QED) is 0.201. The number of piperazine rings is 1. The third-order valence-corrected chi connectivity index (χ3v) is 9.89. The summed E-state index contributed by atoms with van der Waals surface area (Å²) in [5, 5.41) is 9.79. The second-order valence-corrected chi connectivity index (χ2v) is 15.4. The van der Waals surface area contributed by atoms with Gasteiger partial charge in [-0.1, -0.05) is 23.7 Å². The van der Waals surface area contributed by atoms with Crippen LogP contribution in [0.4, 0.5) is 39.4 Å². The molecule has 2 saturated heterocycles. The van der Waals surface area contributed by atoms with E-state index >= 15 is 0 Å². The third-order valence-electron chi connectivity index (χ3n) is 8.06. The van der Waals surface area contributed by atoms with Gasteiger partial charge in [-0.2, -0.15) is 4.98 Å². The first-order valence-corrected chi connectivity index (χ1v) is 18.3. The summed E-state index contributed by atoms with van der Waals surface area (Å²) in [6.45, 7) is 7.63. The average Bonchev–Trinajstić information content (AvgIpc) is 3.07. The number of ether oxygens (including phenoxy) is 1. The van der Waals surface area contributed by atoms with Crippen LogP contribution in [0.2, 0.25) is 5.02 Å². The minimum atomic E-state index is -2.54. The number of anilines is 6. The van der Waals surface area contributed by atoms with E-state index in [9.17, 15) is 14.2 Å². The molecule has 2 aliphatic rings. The van der Waals surface area contributed by atoms with Crippen LogP contribution in [-0.2, 0) is 15.9 Å². The van der Waals surface area contributed by atoms with E-state index in [0.29, 0.717) is 51.6 Å². The number of nitrogens with one attached hydrogen (secondary N) is 3. The molecule has 4 aromatic rings. The molecular formula is C32H36ClN10O4P. The first-order chi connectivity index (χ1) is 23.1. The largest absolute Gasteiger partial charge is 0.494 e. The number of carbonyl (C=O) groups excluding carboxylic acids is 2. The Hall–Kier alpha value is -4.78.